The minimum absolute atomic E-state index is 0.488. The Morgan fingerprint density at radius 1 is 1.31 bits per heavy atom. The van der Waals surface area contributed by atoms with Crippen molar-refractivity contribution in [3.63, 3.8) is 0 Å². The van der Waals surface area contributed by atoms with E-state index in [0.717, 1.165) is 5.92 Å². The van der Waals surface area contributed by atoms with Crippen LogP contribution in [0.25, 0.3) is 0 Å². The first-order chi connectivity index (χ1) is 6.37. The summed E-state index contributed by atoms with van der Waals surface area (Å²) in [6, 6.07) is 0. The Kier molecular flexibility index (Phi) is 2.89. The van der Waals surface area contributed by atoms with Crippen molar-refractivity contribution in [1.82, 2.24) is 10.6 Å². The van der Waals surface area contributed by atoms with Crippen molar-refractivity contribution in [1.29, 1.82) is 0 Å². The van der Waals surface area contributed by atoms with Crippen LogP contribution in [0.2, 0.25) is 0 Å². The van der Waals surface area contributed by atoms with Crippen molar-refractivity contribution in [2.24, 2.45) is 5.92 Å². The molecule has 2 atom stereocenters. The van der Waals surface area contributed by atoms with E-state index in [1.54, 1.807) is 0 Å². The van der Waals surface area contributed by atoms with Gasteiger partial charge in [-0.05, 0) is 51.2 Å². The zero-order valence-electron chi connectivity index (χ0n) is 8.73. The molecule has 13 heavy (non-hydrogen) atoms. The molecule has 0 bridgehead atoms. The van der Waals surface area contributed by atoms with Crippen LogP contribution in [0.3, 0.4) is 0 Å². The zero-order chi connectivity index (χ0) is 9.15. The van der Waals surface area contributed by atoms with Crippen LogP contribution in [0.5, 0.6) is 0 Å². The number of hydrogen-bond acceptors (Lipinski definition) is 2. The van der Waals surface area contributed by atoms with Crippen molar-refractivity contribution in [3.8, 4) is 0 Å². The lowest BCUT2D eigenvalue weighted by molar-refractivity contribution is 0.165. The molecular formula is C11H22N2. The molecule has 0 aromatic carbocycles. The number of piperidine rings is 1. The Bertz CT molecular complexity index is 155. The Labute approximate surface area is 81.5 Å². The Hall–Kier alpha value is -0.0800. The first kappa shape index (κ1) is 9.47. The lowest BCUT2D eigenvalue weighted by Gasteiger charge is -2.42. The van der Waals surface area contributed by atoms with E-state index in [-0.39, 0.29) is 0 Å². The average Bonchev–Trinajstić information content (AvgIpc) is 2.72. The topological polar surface area (TPSA) is 24.1 Å². The van der Waals surface area contributed by atoms with Gasteiger partial charge >= 0.3 is 0 Å². The molecule has 2 N–H and O–H groups in total. The highest BCUT2D eigenvalue weighted by molar-refractivity contribution is 4.98. The van der Waals surface area contributed by atoms with Crippen LogP contribution in [0.4, 0.5) is 0 Å². The predicted molar refractivity (Wildman–Crippen MR) is 55.9 cm³/mol. The first-order valence-electron chi connectivity index (χ1n) is 5.83. The molecule has 2 aliphatic heterocycles. The van der Waals surface area contributed by atoms with Crippen LogP contribution >= 0.6 is 0 Å². The quantitative estimate of drug-likeness (QED) is 0.676. The SMILES string of the molecule is CCC1(C2CCNC2)CCCCN1. The van der Waals surface area contributed by atoms with Crippen LogP contribution in [0, 0.1) is 5.92 Å². The van der Waals surface area contributed by atoms with E-state index in [4.69, 9.17) is 0 Å². The fourth-order valence-electron chi connectivity index (χ4n) is 3.06. The van der Waals surface area contributed by atoms with Crippen LogP contribution in [0.1, 0.15) is 39.0 Å². The minimum Gasteiger partial charge on any atom is -0.316 e. The second-order valence-corrected chi connectivity index (χ2v) is 4.58. The number of rotatable bonds is 2. The second-order valence-electron chi connectivity index (χ2n) is 4.58. The minimum atomic E-state index is 0.488. The van der Waals surface area contributed by atoms with Crippen molar-refractivity contribution < 1.29 is 0 Å². The Morgan fingerprint density at radius 2 is 2.23 bits per heavy atom. The van der Waals surface area contributed by atoms with Gasteiger partial charge in [0.25, 0.3) is 0 Å². The molecule has 2 rings (SSSR count). The Morgan fingerprint density at radius 3 is 2.77 bits per heavy atom. The van der Waals surface area contributed by atoms with Crippen LogP contribution in [-0.4, -0.2) is 25.2 Å². The summed E-state index contributed by atoms with van der Waals surface area (Å²) in [4.78, 5) is 0. The normalized spacial score (nSPS) is 40.8. The fraction of sp³-hybridized carbons (Fsp3) is 1.00. The maximum Gasteiger partial charge on any atom is 0.0219 e. The molecule has 0 radical (unpaired) electrons. The van der Waals surface area contributed by atoms with Crippen molar-refractivity contribution in [3.05, 3.63) is 0 Å². The van der Waals surface area contributed by atoms with E-state index in [0.29, 0.717) is 5.54 Å². The van der Waals surface area contributed by atoms with Gasteiger partial charge in [-0.2, -0.15) is 0 Å². The highest BCUT2D eigenvalue weighted by Gasteiger charge is 2.38. The molecule has 0 aliphatic carbocycles. The van der Waals surface area contributed by atoms with Gasteiger partial charge in [0.2, 0.25) is 0 Å². The van der Waals surface area contributed by atoms with Gasteiger partial charge in [0.05, 0.1) is 0 Å². The molecule has 0 amide bonds. The summed E-state index contributed by atoms with van der Waals surface area (Å²) in [5, 5.41) is 7.27. The summed E-state index contributed by atoms with van der Waals surface area (Å²) in [6.45, 7) is 6.05. The van der Waals surface area contributed by atoms with Crippen molar-refractivity contribution in [2.75, 3.05) is 19.6 Å². The molecule has 2 saturated heterocycles. The molecule has 2 nitrogen and oxygen atoms in total. The summed E-state index contributed by atoms with van der Waals surface area (Å²) in [6.07, 6.45) is 6.88. The molecule has 2 fully saturated rings. The van der Waals surface area contributed by atoms with Gasteiger partial charge in [0.1, 0.15) is 0 Å². The molecule has 0 saturated carbocycles. The summed E-state index contributed by atoms with van der Waals surface area (Å²) >= 11 is 0. The molecule has 0 aromatic heterocycles. The van der Waals surface area contributed by atoms with Crippen LogP contribution < -0.4 is 10.6 Å². The van der Waals surface area contributed by atoms with Gasteiger partial charge in [0, 0.05) is 5.54 Å². The molecule has 2 heterocycles. The Balaban J connectivity index is 2.03. The molecule has 0 spiro atoms. The van der Waals surface area contributed by atoms with Gasteiger partial charge in [-0.3, -0.25) is 0 Å². The summed E-state index contributed by atoms with van der Waals surface area (Å²) in [5.41, 5.74) is 0.488. The highest BCUT2D eigenvalue weighted by Crippen LogP contribution is 2.33. The van der Waals surface area contributed by atoms with E-state index in [9.17, 15) is 0 Å². The molecule has 0 aromatic rings. The average molecular weight is 182 g/mol. The monoisotopic (exact) mass is 182 g/mol. The molecule has 2 aliphatic rings. The highest BCUT2D eigenvalue weighted by atomic mass is 15.0. The van der Waals surface area contributed by atoms with Crippen LogP contribution in [0.15, 0.2) is 0 Å². The second kappa shape index (κ2) is 3.97. The standard InChI is InChI=1S/C11H22N2/c1-2-11(6-3-4-7-13-11)10-5-8-12-9-10/h10,12-13H,2-9H2,1H3. The van der Waals surface area contributed by atoms with E-state index in [1.165, 1.54) is 51.7 Å². The van der Waals surface area contributed by atoms with Crippen molar-refractivity contribution in [2.45, 2.75) is 44.6 Å². The van der Waals surface area contributed by atoms with Gasteiger partial charge in [-0.15, -0.1) is 0 Å². The zero-order valence-corrected chi connectivity index (χ0v) is 8.73. The third-order valence-corrected chi connectivity index (χ3v) is 4.00. The third-order valence-electron chi connectivity index (χ3n) is 4.00. The van der Waals surface area contributed by atoms with Gasteiger partial charge < -0.3 is 10.6 Å². The van der Waals surface area contributed by atoms with Crippen LogP contribution in [-0.2, 0) is 0 Å². The first-order valence-corrected chi connectivity index (χ1v) is 5.83. The lowest BCUT2D eigenvalue weighted by atomic mass is 9.75. The van der Waals surface area contributed by atoms with E-state index in [2.05, 4.69) is 17.6 Å². The fourth-order valence-corrected chi connectivity index (χ4v) is 3.06. The summed E-state index contributed by atoms with van der Waals surface area (Å²) < 4.78 is 0. The number of hydrogen-bond donors (Lipinski definition) is 2. The largest absolute Gasteiger partial charge is 0.316 e. The summed E-state index contributed by atoms with van der Waals surface area (Å²) in [7, 11) is 0. The molecular weight excluding hydrogens is 160 g/mol. The number of nitrogens with one attached hydrogen (secondary N) is 2. The molecule has 2 heteroatoms. The smallest absolute Gasteiger partial charge is 0.0219 e. The van der Waals surface area contributed by atoms with Crippen molar-refractivity contribution >= 4 is 0 Å². The van der Waals surface area contributed by atoms with E-state index >= 15 is 0 Å². The maximum atomic E-state index is 3.78. The maximum absolute atomic E-state index is 3.78. The third kappa shape index (κ3) is 1.75. The van der Waals surface area contributed by atoms with Gasteiger partial charge in [-0.25, -0.2) is 0 Å². The van der Waals surface area contributed by atoms with Gasteiger partial charge in [0.15, 0.2) is 0 Å². The molecule has 2 unspecified atom stereocenters. The lowest BCUT2D eigenvalue weighted by Crippen LogP contribution is -2.54. The molecule has 76 valence electrons. The van der Waals surface area contributed by atoms with E-state index in [1.807, 2.05) is 0 Å². The van der Waals surface area contributed by atoms with Gasteiger partial charge in [-0.1, -0.05) is 13.3 Å². The predicted octanol–water partition coefficient (Wildman–Crippen LogP) is 1.52. The van der Waals surface area contributed by atoms with E-state index < -0.39 is 0 Å². The summed E-state index contributed by atoms with van der Waals surface area (Å²) in [5.74, 6) is 0.887.